The summed E-state index contributed by atoms with van der Waals surface area (Å²) in [6, 6.07) is 20.4. The van der Waals surface area contributed by atoms with Crippen LogP contribution in [-0.2, 0) is 26.2 Å². The number of aryl methyl sites for hydroxylation is 2. The molecule has 44 heavy (non-hydrogen) atoms. The number of carbonyl (C=O) groups excluding carboxylic acids is 2. The van der Waals surface area contributed by atoms with Crippen molar-refractivity contribution >= 4 is 27.5 Å². The number of benzene rings is 3. The zero-order valence-electron chi connectivity index (χ0n) is 26.3. The third-order valence-corrected chi connectivity index (χ3v) is 9.88. The lowest BCUT2D eigenvalue weighted by molar-refractivity contribution is -0.140. The van der Waals surface area contributed by atoms with Gasteiger partial charge >= 0.3 is 0 Å². The first-order chi connectivity index (χ1) is 21.1. The van der Waals surface area contributed by atoms with Gasteiger partial charge in [0.25, 0.3) is 10.0 Å². The molecule has 0 aliphatic heterocycles. The van der Waals surface area contributed by atoms with Crippen molar-refractivity contribution < 1.29 is 22.7 Å². The second kappa shape index (κ2) is 15.2. The third kappa shape index (κ3) is 8.40. The van der Waals surface area contributed by atoms with Crippen molar-refractivity contribution in [3.05, 3.63) is 89.5 Å². The van der Waals surface area contributed by atoms with Crippen molar-refractivity contribution in [3.63, 3.8) is 0 Å². The van der Waals surface area contributed by atoms with Crippen molar-refractivity contribution in [2.24, 2.45) is 0 Å². The van der Waals surface area contributed by atoms with Gasteiger partial charge in [0.15, 0.2) is 0 Å². The van der Waals surface area contributed by atoms with E-state index >= 15 is 0 Å². The minimum atomic E-state index is -4.15. The SMILES string of the molecule is CCOc1ccc(S(=O)(=O)N(CC(=O)N(Cc2cccc(C)c2)[C@@H](CC)C(=O)NC2CCCCC2)c2ccc(C)cc2)cc1. The van der Waals surface area contributed by atoms with Crippen molar-refractivity contribution in [2.75, 3.05) is 17.5 Å². The summed E-state index contributed by atoms with van der Waals surface area (Å²) in [5.74, 6) is -0.0904. The van der Waals surface area contributed by atoms with E-state index < -0.39 is 28.5 Å². The molecule has 1 atom stereocenters. The van der Waals surface area contributed by atoms with Crippen LogP contribution in [0.15, 0.2) is 77.7 Å². The highest BCUT2D eigenvalue weighted by Crippen LogP contribution is 2.27. The van der Waals surface area contributed by atoms with Gasteiger partial charge in [0, 0.05) is 12.6 Å². The number of amides is 2. The Labute approximate surface area is 262 Å². The number of carbonyl (C=O) groups is 2. The van der Waals surface area contributed by atoms with Gasteiger partial charge in [-0.1, -0.05) is 73.7 Å². The average molecular weight is 620 g/mol. The van der Waals surface area contributed by atoms with Crippen molar-refractivity contribution in [1.29, 1.82) is 0 Å². The fourth-order valence-electron chi connectivity index (χ4n) is 5.71. The van der Waals surface area contributed by atoms with E-state index in [9.17, 15) is 18.0 Å². The molecular formula is C35H45N3O5S. The number of rotatable bonds is 13. The summed E-state index contributed by atoms with van der Waals surface area (Å²) < 4.78 is 34.9. The van der Waals surface area contributed by atoms with E-state index in [0.717, 1.165) is 46.7 Å². The fourth-order valence-corrected chi connectivity index (χ4v) is 7.13. The molecule has 1 aliphatic rings. The predicted octanol–water partition coefficient (Wildman–Crippen LogP) is 6.15. The number of nitrogens with one attached hydrogen (secondary N) is 1. The largest absolute Gasteiger partial charge is 0.494 e. The first kappa shape index (κ1) is 33.1. The first-order valence-corrected chi connectivity index (χ1v) is 17.0. The minimum Gasteiger partial charge on any atom is -0.494 e. The maximum absolute atomic E-state index is 14.3. The van der Waals surface area contributed by atoms with Gasteiger partial charge < -0.3 is 15.0 Å². The van der Waals surface area contributed by atoms with Gasteiger partial charge in [-0.2, -0.15) is 0 Å². The molecule has 2 amide bonds. The van der Waals surface area contributed by atoms with E-state index in [1.54, 1.807) is 29.2 Å². The lowest BCUT2D eigenvalue weighted by atomic mass is 9.95. The highest BCUT2D eigenvalue weighted by molar-refractivity contribution is 7.92. The Morgan fingerprint density at radius 2 is 1.59 bits per heavy atom. The zero-order valence-corrected chi connectivity index (χ0v) is 27.1. The summed E-state index contributed by atoms with van der Waals surface area (Å²) in [5, 5.41) is 3.19. The van der Waals surface area contributed by atoms with Gasteiger partial charge in [0.2, 0.25) is 11.8 Å². The molecule has 0 bridgehead atoms. The number of ether oxygens (including phenoxy) is 1. The average Bonchev–Trinajstić information content (AvgIpc) is 3.01. The zero-order chi connectivity index (χ0) is 31.7. The van der Waals surface area contributed by atoms with Crippen LogP contribution in [0.3, 0.4) is 0 Å². The molecule has 3 aromatic carbocycles. The van der Waals surface area contributed by atoms with Crippen molar-refractivity contribution in [3.8, 4) is 5.75 Å². The second-order valence-corrected chi connectivity index (χ2v) is 13.4. The van der Waals surface area contributed by atoms with E-state index in [1.165, 1.54) is 18.6 Å². The summed E-state index contributed by atoms with van der Waals surface area (Å²) in [6.07, 6.45) is 5.56. The standard InChI is InChI=1S/C35H45N3O5S/c1-5-33(35(40)36-29-13-8-7-9-14-29)37(24-28-12-10-11-27(4)23-28)34(39)25-38(30-17-15-26(3)16-18-30)44(41,42)32-21-19-31(20-22-32)43-6-2/h10-12,15-23,29,33H,5-9,13-14,24-25H2,1-4H3,(H,36,40)/t33-/m0/s1. The predicted molar refractivity (Wildman–Crippen MR) is 174 cm³/mol. The van der Waals surface area contributed by atoms with Gasteiger partial charge in [0.05, 0.1) is 17.2 Å². The maximum atomic E-state index is 14.3. The van der Waals surface area contributed by atoms with Gasteiger partial charge in [-0.05, 0) is 82.0 Å². The van der Waals surface area contributed by atoms with Crippen molar-refractivity contribution in [1.82, 2.24) is 10.2 Å². The Morgan fingerprint density at radius 3 is 2.20 bits per heavy atom. The lowest BCUT2D eigenvalue weighted by Gasteiger charge is -2.34. The Balaban J connectivity index is 1.70. The Hall–Kier alpha value is -3.85. The van der Waals surface area contributed by atoms with Gasteiger partial charge in [-0.3, -0.25) is 13.9 Å². The van der Waals surface area contributed by atoms with Crippen LogP contribution in [0.2, 0.25) is 0 Å². The highest BCUT2D eigenvalue weighted by atomic mass is 32.2. The van der Waals surface area contributed by atoms with Gasteiger partial charge in [-0.15, -0.1) is 0 Å². The quantitative estimate of drug-likeness (QED) is 0.248. The smallest absolute Gasteiger partial charge is 0.264 e. The molecule has 1 N–H and O–H groups in total. The van der Waals surface area contributed by atoms with E-state index in [4.69, 9.17) is 4.74 Å². The van der Waals surface area contributed by atoms with Crippen LogP contribution in [0.5, 0.6) is 5.75 Å². The Kier molecular flexibility index (Phi) is 11.4. The van der Waals surface area contributed by atoms with Crippen LogP contribution < -0.4 is 14.4 Å². The number of hydrogen-bond acceptors (Lipinski definition) is 5. The third-order valence-electron chi connectivity index (χ3n) is 8.10. The summed E-state index contributed by atoms with van der Waals surface area (Å²) in [4.78, 5) is 29.6. The first-order valence-electron chi connectivity index (χ1n) is 15.6. The number of sulfonamides is 1. The second-order valence-electron chi connectivity index (χ2n) is 11.5. The Bertz CT molecular complexity index is 1500. The molecule has 3 aromatic rings. The molecule has 1 fully saturated rings. The molecule has 1 saturated carbocycles. The van der Waals surface area contributed by atoms with Crippen LogP contribution in [0, 0.1) is 13.8 Å². The Morgan fingerprint density at radius 1 is 0.909 bits per heavy atom. The number of anilines is 1. The molecule has 0 saturated heterocycles. The number of nitrogens with zero attached hydrogens (tertiary/aromatic N) is 2. The van der Waals surface area contributed by atoms with E-state index in [1.807, 2.05) is 64.1 Å². The lowest BCUT2D eigenvalue weighted by Crippen LogP contribution is -2.54. The van der Waals surface area contributed by atoms with Crippen molar-refractivity contribution in [2.45, 2.75) is 89.7 Å². The summed E-state index contributed by atoms with van der Waals surface area (Å²) in [5.41, 5.74) is 3.24. The molecule has 236 valence electrons. The maximum Gasteiger partial charge on any atom is 0.264 e. The normalized spacial score (nSPS) is 14.5. The molecule has 9 heteroatoms. The van der Waals surface area contributed by atoms with E-state index in [0.29, 0.717) is 24.5 Å². The number of hydrogen-bond donors (Lipinski definition) is 1. The minimum absolute atomic E-state index is 0.0432. The topological polar surface area (TPSA) is 96.0 Å². The molecular weight excluding hydrogens is 574 g/mol. The molecule has 0 spiro atoms. The monoisotopic (exact) mass is 619 g/mol. The van der Waals surface area contributed by atoms with E-state index in [2.05, 4.69) is 5.32 Å². The summed E-state index contributed by atoms with van der Waals surface area (Å²) >= 11 is 0. The van der Waals surface area contributed by atoms with Crippen LogP contribution in [0.4, 0.5) is 5.69 Å². The highest BCUT2D eigenvalue weighted by Gasteiger charge is 2.34. The summed E-state index contributed by atoms with van der Waals surface area (Å²) in [6.45, 7) is 7.82. The van der Waals surface area contributed by atoms with Crippen LogP contribution in [0.25, 0.3) is 0 Å². The molecule has 0 unspecified atom stereocenters. The van der Waals surface area contributed by atoms with Crippen LogP contribution in [-0.4, -0.2) is 50.4 Å². The van der Waals surface area contributed by atoms with Gasteiger partial charge in [0.1, 0.15) is 18.3 Å². The molecule has 8 nitrogen and oxygen atoms in total. The van der Waals surface area contributed by atoms with E-state index in [-0.39, 0.29) is 23.4 Å². The molecule has 0 heterocycles. The van der Waals surface area contributed by atoms with Crippen LogP contribution in [0.1, 0.15) is 69.1 Å². The molecule has 4 rings (SSSR count). The molecule has 0 aromatic heterocycles. The molecule has 0 radical (unpaired) electrons. The summed E-state index contributed by atoms with van der Waals surface area (Å²) in [7, 11) is -4.15. The van der Waals surface area contributed by atoms with Crippen LogP contribution >= 0.6 is 0 Å². The molecule has 1 aliphatic carbocycles. The van der Waals surface area contributed by atoms with Gasteiger partial charge in [-0.25, -0.2) is 8.42 Å². The fraction of sp³-hybridized carbons (Fsp3) is 0.429.